The number of aromatic hydroxyl groups is 1. The van der Waals surface area contributed by atoms with E-state index in [9.17, 15) is 5.11 Å². The van der Waals surface area contributed by atoms with Crippen LogP contribution in [0.2, 0.25) is 0 Å². The number of benzene rings is 1. The van der Waals surface area contributed by atoms with E-state index in [1.807, 2.05) is 50.5 Å². The molecule has 0 aliphatic heterocycles. The van der Waals surface area contributed by atoms with Crippen LogP contribution in [0.1, 0.15) is 19.4 Å². The first-order valence-electron chi connectivity index (χ1n) is 8.30. The van der Waals surface area contributed by atoms with Gasteiger partial charge in [-0.2, -0.15) is 0 Å². The molecule has 138 valence electrons. The number of nitrogens with zero attached hydrogens (tertiary/aromatic N) is 2. The minimum atomic E-state index is 0. The van der Waals surface area contributed by atoms with Crippen LogP contribution in [0.3, 0.4) is 0 Å². The van der Waals surface area contributed by atoms with Gasteiger partial charge in [0.1, 0.15) is 0 Å². The summed E-state index contributed by atoms with van der Waals surface area (Å²) in [6, 6.07) is 9.35. The van der Waals surface area contributed by atoms with Crippen LogP contribution in [-0.4, -0.2) is 35.3 Å². The molecule has 0 aliphatic rings. The number of ether oxygens (including phenoxy) is 1. The zero-order valence-corrected chi connectivity index (χ0v) is 17.1. The molecule has 0 fully saturated rings. The zero-order chi connectivity index (χ0) is 17.2. The highest BCUT2D eigenvalue weighted by Gasteiger charge is 2.04. The van der Waals surface area contributed by atoms with Gasteiger partial charge in [-0.05, 0) is 43.7 Å². The number of halogens is 1. The molecule has 0 unspecified atom stereocenters. The maximum Gasteiger partial charge on any atom is 0.191 e. The third kappa shape index (κ3) is 7.25. The molecule has 2 aromatic rings. The highest BCUT2D eigenvalue weighted by molar-refractivity contribution is 14.0. The van der Waals surface area contributed by atoms with Crippen molar-refractivity contribution in [2.24, 2.45) is 4.99 Å². The Balaban J connectivity index is 0.00000312. The number of aliphatic imine (C=N–C) groups is 1. The minimum absolute atomic E-state index is 0. The molecule has 0 atom stereocenters. The molecule has 1 aromatic carbocycles. The Morgan fingerprint density at radius 1 is 1.20 bits per heavy atom. The van der Waals surface area contributed by atoms with Crippen LogP contribution in [0, 0.1) is 0 Å². The van der Waals surface area contributed by atoms with Gasteiger partial charge in [-0.25, -0.2) is 4.99 Å². The van der Waals surface area contributed by atoms with Gasteiger partial charge in [-0.15, -0.1) is 24.0 Å². The van der Waals surface area contributed by atoms with Crippen molar-refractivity contribution in [2.75, 3.05) is 19.7 Å². The summed E-state index contributed by atoms with van der Waals surface area (Å²) < 4.78 is 7.52. The van der Waals surface area contributed by atoms with Gasteiger partial charge in [0.15, 0.2) is 17.5 Å². The minimum Gasteiger partial charge on any atom is -0.504 e. The smallest absolute Gasteiger partial charge is 0.191 e. The van der Waals surface area contributed by atoms with E-state index < -0.39 is 0 Å². The van der Waals surface area contributed by atoms with Gasteiger partial charge in [0.2, 0.25) is 0 Å². The van der Waals surface area contributed by atoms with Crippen molar-refractivity contribution in [3.8, 4) is 11.5 Å². The molecule has 0 saturated carbocycles. The summed E-state index contributed by atoms with van der Waals surface area (Å²) in [5.74, 6) is 1.42. The van der Waals surface area contributed by atoms with Crippen LogP contribution < -0.4 is 15.4 Å². The van der Waals surface area contributed by atoms with Gasteiger partial charge >= 0.3 is 0 Å². The topological polar surface area (TPSA) is 70.8 Å². The van der Waals surface area contributed by atoms with Gasteiger partial charge in [-0.1, -0.05) is 6.07 Å². The lowest BCUT2D eigenvalue weighted by molar-refractivity contribution is 0.318. The lowest BCUT2D eigenvalue weighted by atomic mass is 10.2. The molecule has 6 nitrogen and oxygen atoms in total. The summed E-state index contributed by atoms with van der Waals surface area (Å²) in [6.07, 6.45) is 4.08. The Bertz CT molecular complexity index is 645. The number of rotatable bonds is 8. The molecule has 0 spiro atoms. The molecule has 0 amide bonds. The number of hydrogen-bond acceptors (Lipinski definition) is 3. The normalized spacial score (nSPS) is 10.9. The van der Waals surface area contributed by atoms with E-state index in [2.05, 4.69) is 20.2 Å². The molecule has 1 heterocycles. The van der Waals surface area contributed by atoms with Crippen LogP contribution in [-0.2, 0) is 13.1 Å². The van der Waals surface area contributed by atoms with Gasteiger partial charge in [0, 0.05) is 32.0 Å². The number of hydrogen-bond donors (Lipinski definition) is 3. The number of nitrogens with one attached hydrogen (secondary N) is 2. The van der Waals surface area contributed by atoms with Gasteiger partial charge in [0.05, 0.1) is 13.2 Å². The predicted molar refractivity (Wildman–Crippen MR) is 112 cm³/mol. The molecular formula is C18H27IN4O2. The van der Waals surface area contributed by atoms with Gasteiger partial charge in [0.25, 0.3) is 0 Å². The quantitative estimate of drug-likeness (QED) is 0.323. The fraction of sp³-hybridized carbons (Fsp3) is 0.389. The summed E-state index contributed by atoms with van der Waals surface area (Å²) in [7, 11) is 0. The maximum atomic E-state index is 9.75. The van der Waals surface area contributed by atoms with Crippen molar-refractivity contribution in [3.63, 3.8) is 0 Å². The van der Waals surface area contributed by atoms with Crippen molar-refractivity contribution in [3.05, 3.63) is 48.3 Å². The Labute approximate surface area is 166 Å². The van der Waals surface area contributed by atoms with E-state index in [0.29, 0.717) is 18.9 Å². The molecule has 1 aromatic heterocycles. The predicted octanol–water partition coefficient (Wildman–Crippen LogP) is 2.97. The second kappa shape index (κ2) is 11.6. The van der Waals surface area contributed by atoms with E-state index in [4.69, 9.17) is 4.74 Å². The Hall–Kier alpha value is -1.90. The largest absolute Gasteiger partial charge is 0.504 e. The molecule has 2 rings (SSSR count). The maximum absolute atomic E-state index is 9.75. The summed E-state index contributed by atoms with van der Waals surface area (Å²) in [4.78, 5) is 4.58. The highest BCUT2D eigenvalue weighted by atomic mass is 127. The number of guanidine groups is 1. The van der Waals surface area contributed by atoms with Crippen molar-refractivity contribution < 1.29 is 9.84 Å². The molecule has 0 radical (unpaired) electrons. The lowest BCUT2D eigenvalue weighted by Gasteiger charge is -2.12. The van der Waals surface area contributed by atoms with Crippen LogP contribution in [0.15, 0.2) is 47.7 Å². The average Bonchev–Trinajstić information content (AvgIpc) is 3.09. The molecule has 25 heavy (non-hydrogen) atoms. The first kappa shape index (κ1) is 21.1. The van der Waals surface area contributed by atoms with Crippen molar-refractivity contribution in [1.29, 1.82) is 0 Å². The summed E-state index contributed by atoms with van der Waals surface area (Å²) >= 11 is 0. The second-order valence-electron chi connectivity index (χ2n) is 5.28. The van der Waals surface area contributed by atoms with Gasteiger partial charge in [-0.3, -0.25) is 0 Å². The first-order chi connectivity index (χ1) is 11.7. The van der Waals surface area contributed by atoms with E-state index in [0.717, 1.165) is 31.2 Å². The molecular weight excluding hydrogens is 431 g/mol. The summed E-state index contributed by atoms with van der Waals surface area (Å²) in [6.45, 7) is 7.43. The third-order valence-corrected chi connectivity index (χ3v) is 3.42. The van der Waals surface area contributed by atoms with E-state index in [1.165, 1.54) is 0 Å². The van der Waals surface area contributed by atoms with Gasteiger partial charge < -0.3 is 25.0 Å². The fourth-order valence-electron chi connectivity index (χ4n) is 2.26. The standard InChI is InChI=1S/C18H26N4O2.HI/c1-3-19-18(20-9-12-22-10-5-6-11-22)21-14-15-7-8-16(23)17(13-15)24-4-2;/h5-8,10-11,13,23H,3-4,9,12,14H2,1-2H3,(H2,19,20,21);1H. The molecule has 0 aliphatic carbocycles. The summed E-state index contributed by atoms with van der Waals surface area (Å²) in [5, 5.41) is 16.3. The first-order valence-corrected chi connectivity index (χ1v) is 8.30. The number of aromatic nitrogens is 1. The van der Waals surface area contributed by atoms with Crippen LogP contribution in [0.5, 0.6) is 11.5 Å². The van der Waals surface area contributed by atoms with E-state index >= 15 is 0 Å². The molecule has 0 saturated heterocycles. The number of phenolic OH excluding ortho intramolecular Hbond substituents is 1. The van der Waals surface area contributed by atoms with Crippen LogP contribution >= 0.6 is 24.0 Å². The van der Waals surface area contributed by atoms with Crippen molar-refractivity contribution in [2.45, 2.75) is 26.9 Å². The Kier molecular flexibility index (Phi) is 9.83. The third-order valence-electron chi connectivity index (χ3n) is 3.42. The van der Waals surface area contributed by atoms with E-state index in [1.54, 1.807) is 6.07 Å². The van der Waals surface area contributed by atoms with Crippen molar-refractivity contribution in [1.82, 2.24) is 15.2 Å². The van der Waals surface area contributed by atoms with Crippen LogP contribution in [0.25, 0.3) is 0 Å². The molecule has 7 heteroatoms. The molecule has 0 bridgehead atoms. The SMILES string of the molecule is CCNC(=NCc1ccc(O)c(OCC)c1)NCCn1cccc1.I. The Morgan fingerprint density at radius 3 is 2.64 bits per heavy atom. The summed E-state index contributed by atoms with van der Waals surface area (Å²) in [5.41, 5.74) is 0.985. The fourth-order valence-corrected chi connectivity index (χ4v) is 2.26. The van der Waals surface area contributed by atoms with E-state index in [-0.39, 0.29) is 29.7 Å². The number of phenols is 1. The Morgan fingerprint density at radius 2 is 1.96 bits per heavy atom. The molecule has 3 N–H and O–H groups in total. The van der Waals surface area contributed by atoms with Crippen molar-refractivity contribution >= 4 is 29.9 Å². The lowest BCUT2D eigenvalue weighted by Crippen LogP contribution is -2.38. The zero-order valence-electron chi connectivity index (χ0n) is 14.7. The monoisotopic (exact) mass is 458 g/mol. The highest BCUT2D eigenvalue weighted by Crippen LogP contribution is 2.26. The van der Waals surface area contributed by atoms with Crippen LogP contribution in [0.4, 0.5) is 0 Å². The average molecular weight is 458 g/mol. The second-order valence-corrected chi connectivity index (χ2v) is 5.28.